The lowest BCUT2D eigenvalue weighted by Gasteiger charge is -2.25. The SMILES string of the molecule is CC(C)CC(N)C(=O)NC(Cc1c[nH]c2ccccc12)C(=O)NC(CC(=O)O)C(=O)NC(Cc1cnc[nH]1)C(=O)O. The molecule has 0 spiro atoms. The summed E-state index contributed by atoms with van der Waals surface area (Å²) in [6, 6.07) is 2.18. The molecule has 0 fully saturated rings. The second-order valence-corrected chi connectivity index (χ2v) is 10.2. The van der Waals surface area contributed by atoms with Gasteiger partial charge >= 0.3 is 11.9 Å². The number of nitrogens with one attached hydrogen (secondary N) is 5. The Balaban J connectivity index is 1.82. The maximum Gasteiger partial charge on any atom is 0.326 e. The lowest BCUT2D eigenvalue weighted by molar-refractivity contribution is -0.143. The lowest BCUT2D eigenvalue weighted by Crippen LogP contribution is -2.58. The number of rotatable bonds is 15. The van der Waals surface area contributed by atoms with Gasteiger partial charge in [-0.25, -0.2) is 9.78 Å². The number of carbonyl (C=O) groups is 5. The van der Waals surface area contributed by atoms with Gasteiger partial charge in [-0.1, -0.05) is 32.0 Å². The first-order valence-corrected chi connectivity index (χ1v) is 13.1. The monoisotopic (exact) mass is 569 g/mol. The largest absolute Gasteiger partial charge is 0.481 e. The molecule has 2 aromatic heterocycles. The number of carbonyl (C=O) groups excluding carboxylic acids is 3. The zero-order chi connectivity index (χ0) is 30.1. The number of hydrogen-bond donors (Lipinski definition) is 8. The molecule has 220 valence electrons. The second kappa shape index (κ2) is 14.1. The molecule has 0 aliphatic rings. The summed E-state index contributed by atoms with van der Waals surface area (Å²) < 4.78 is 0. The maximum atomic E-state index is 13.5. The molecule has 0 saturated heterocycles. The molecule has 14 nitrogen and oxygen atoms in total. The quantitative estimate of drug-likeness (QED) is 0.123. The number of H-pyrrole nitrogens is 2. The van der Waals surface area contributed by atoms with E-state index < -0.39 is 60.2 Å². The summed E-state index contributed by atoms with van der Waals surface area (Å²) in [4.78, 5) is 72.4. The number of fused-ring (bicyclic) bond motifs is 1. The van der Waals surface area contributed by atoms with E-state index in [0.29, 0.717) is 17.7 Å². The van der Waals surface area contributed by atoms with Crippen molar-refractivity contribution in [2.45, 2.75) is 63.7 Å². The number of nitrogens with two attached hydrogens (primary N) is 1. The topological polar surface area (TPSA) is 232 Å². The van der Waals surface area contributed by atoms with E-state index in [1.165, 1.54) is 12.5 Å². The summed E-state index contributed by atoms with van der Waals surface area (Å²) in [6.45, 7) is 3.80. The first-order chi connectivity index (χ1) is 19.4. The molecule has 3 aromatic rings. The lowest BCUT2D eigenvalue weighted by atomic mass is 10.0. The van der Waals surface area contributed by atoms with Crippen molar-refractivity contribution in [3.8, 4) is 0 Å². The van der Waals surface area contributed by atoms with Gasteiger partial charge in [-0.15, -0.1) is 0 Å². The van der Waals surface area contributed by atoms with E-state index in [2.05, 4.69) is 30.9 Å². The first-order valence-electron chi connectivity index (χ1n) is 13.1. The molecule has 0 bridgehead atoms. The molecule has 0 radical (unpaired) electrons. The number of imidazole rings is 1. The number of para-hydroxylation sites is 1. The third kappa shape index (κ3) is 8.89. The number of hydrogen-bond acceptors (Lipinski definition) is 7. The summed E-state index contributed by atoms with van der Waals surface area (Å²) in [6.07, 6.45) is 3.83. The molecule has 0 aliphatic heterocycles. The number of aromatic amines is 2. The van der Waals surface area contributed by atoms with Crippen LogP contribution in [0.15, 0.2) is 43.0 Å². The second-order valence-electron chi connectivity index (χ2n) is 10.2. The van der Waals surface area contributed by atoms with E-state index >= 15 is 0 Å². The Labute approximate surface area is 235 Å². The van der Waals surface area contributed by atoms with Gasteiger partial charge in [0.25, 0.3) is 0 Å². The highest BCUT2D eigenvalue weighted by Gasteiger charge is 2.32. The fraction of sp³-hybridized carbons (Fsp3) is 0.407. The average molecular weight is 570 g/mol. The van der Waals surface area contributed by atoms with Crippen LogP contribution in [0.4, 0.5) is 0 Å². The summed E-state index contributed by atoms with van der Waals surface area (Å²) in [5.41, 5.74) is 7.96. The van der Waals surface area contributed by atoms with Gasteiger partial charge in [-0.05, 0) is 24.0 Å². The van der Waals surface area contributed by atoms with Crippen molar-refractivity contribution in [2.24, 2.45) is 11.7 Å². The number of aliphatic carboxylic acids is 2. The number of amides is 3. The van der Waals surface area contributed by atoms with Gasteiger partial charge in [0.05, 0.1) is 18.8 Å². The molecule has 9 N–H and O–H groups in total. The van der Waals surface area contributed by atoms with Crippen molar-refractivity contribution >= 4 is 40.6 Å². The average Bonchev–Trinajstić information content (AvgIpc) is 3.56. The Morgan fingerprint density at radius 1 is 0.902 bits per heavy atom. The highest BCUT2D eigenvalue weighted by molar-refractivity contribution is 5.96. The summed E-state index contributed by atoms with van der Waals surface area (Å²) in [5.74, 6) is -5.07. The fourth-order valence-corrected chi connectivity index (χ4v) is 4.37. The van der Waals surface area contributed by atoms with E-state index in [-0.39, 0.29) is 18.8 Å². The van der Waals surface area contributed by atoms with Crippen LogP contribution in [0.25, 0.3) is 10.9 Å². The van der Waals surface area contributed by atoms with E-state index in [1.54, 1.807) is 6.20 Å². The van der Waals surface area contributed by atoms with Gasteiger partial charge in [-0.2, -0.15) is 0 Å². The predicted octanol–water partition coefficient (Wildman–Crippen LogP) is 0.0633. The summed E-state index contributed by atoms with van der Waals surface area (Å²) in [7, 11) is 0. The molecule has 2 heterocycles. The summed E-state index contributed by atoms with van der Waals surface area (Å²) >= 11 is 0. The molecule has 4 unspecified atom stereocenters. The highest BCUT2D eigenvalue weighted by atomic mass is 16.4. The van der Waals surface area contributed by atoms with Gasteiger partial charge in [0.1, 0.15) is 18.1 Å². The van der Waals surface area contributed by atoms with Crippen LogP contribution in [-0.2, 0) is 36.8 Å². The number of carboxylic acids is 2. The third-order valence-corrected chi connectivity index (χ3v) is 6.40. The zero-order valence-electron chi connectivity index (χ0n) is 22.7. The van der Waals surface area contributed by atoms with Crippen LogP contribution >= 0.6 is 0 Å². The number of benzene rings is 1. The van der Waals surface area contributed by atoms with E-state index in [0.717, 1.165) is 10.9 Å². The molecular formula is C27H35N7O7. The van der Waals surface area contributed by atoms with Crippen LogP contribution < -0.4 is 21.7 Å². The van der Waals surface area contributed by atoms with E-state index in [9.17, 15) is 34.2 Å². The van der Waals surface area contributed by atoms with Crippen molar-refractivity contribution in [3.63, 3.8) is 0 Å². The first kappa shape index (κ1) is 30.8. The standard InChI is InChI=1S/C27H35N7O7/c1-14(2)7-18(28)24(37)32-20(8-15-11-30-19-6-4-3-5-17(15)19)25(38)33-21(10-23(35)36)26(39)34-22(27(40)41)9-16-12-29-13-31-16/h3-6,11-14,18,20-22,30H,7-10,28H2,1-2H3,(H,29,31)(H,32,37)(H,33,38)(H,34,39)(H,35,36)(H,40,41). The molecule has 3 rings (SSSR count). The van der Waals surface area contributed by atoms with Crippen LogP contribution in [0.2, 0.25) is 0 Å². The van der Waals surface area contributed by atoms with Crippen molar-refractivity contribution in [3.05, 3.63) is 54.2 Å². The van der Waals surface area contributed by atoms with Crippen LogP contribution in [-0.4, -0.2) is 79.0 Å². The van der Waals surface area contributed by atoms with Gasteiger partial charge in [-0.3, -0.25) is 19.2 Å². The van der Waals surface area contributed by atoms with Crippen LogP contribution in [0.3, 0.4) is 0 Å². The van der Waals surface area contributed by atoms with Crippen LogP contribution in [0, 0.1) is 5.92 Å². The number of nitrogens with zero attached hydrogens (tertiary/aromatic N) is 1. The molecule has 0 aliphatic carbocycles. The fourth-order valence-electron chi connectivity index (χ4n) is 4.37. The molecule has 3 amide bonds. The minimum atomic E-state index is -1.63. The number of aromatic nitrogens is 3. The normalized spacial score (nSPS) is 14.1. The van der Waals surface area contributed by atoms with Gasteiger partial charge < -0.3 is 41.9 Å². The third-order valence-electron chi connectivity index (χ3n) is 6.40. The van der Waals surface area contributed by atoms with Crippen molar-refractivity contribution in [1.82, 2.24) is 30.9 Å². The van der Waals surface area contributed by atoms with Crippen LogP contribution in [0.5, 0.6) is 0 Å². The Bertz CT molecular complexity index is 1370. The Morgan fingerprint density at radius 3 is 2.20 bits per heavy atom. The smallest absolute Gasteiger partial charge is 0.326 e. The highest BCUT2D eigenvalue weighted by Crippen LogP contribution is 2.19. The van der Waals surface area contributed by atoms with Crippen molar-refractivity contribution in [2.75, 3.05) is 0 Å². The van der Waals surface area contributed by atoms with E-state index in [1.807, 2.05) is 38.1 Å². The molecular weight excluding hydrogens is 534 g/mol. The maximum absolute atomic E-state index is 13.5. The molecule has 1 aromatic carbocycles. The zero-order valence-corrected chi connectivity index (χ0v) is 22.7. The number of carboxylic acid groups (broad SMARTS) is 2. The predicted molar refractivity (Wildman–Crippen MR) is 147 cm³/mol. The molecule has 4 atom stereocenters. The molecule has 41 heavy (non-hydrogen) atoms. The van der Waals surface area contributed by atoms with E-state index in [4.69, 9.17) is 5.73 Å². The Kier molecular flexibility index (Phi) is 10.6. The van der Waals surface area contributed by atoms with Gasteiger partial charge in [0, 0.05) is 41.8 Å². The summed E-state index contributed by atoms with van der Waals surface area (Å²) in [5, 5.41) is 27.1. The Hall–Kier alpha value is -4.72. The van der Waals surface area contributed by atoms with Crippen molar-refractivity contribution < 1.29 is 34.2 Å². The minimum absolute atomic E-state index is 0.00890. The molecule has 14 heteroatoms. The molecule has 0 saturated carbocycles. The van der Waals surface area contributed by atoms with Gasteiger partial charge in [0.2, 0.25) is 17.7 Å². The van der Waals surface area contributed by atoms with Crippen molar-refractivity contribution in [1.29, 1.82) is 0 Å². The van der Waals surface area contributed by atoms with Gasteiger partial charge in [0.15, 0.2) is 0 Å². The Morgan fingerprint density at radius 2 is 1.56 bits per heavy atom. The van der Waals surface area contributed by atoms with Crippen LogP contribution in [0.1, 0.15) is 37.9 Å². The minimum Gasteiger partial charge on any atom is -0.481 e.